The minimum Gasteiger partial charge on any atom is -0.454 e. The van der Waals surface area contributed by atoms with Crippen molar-refractivity contribution in [3.05, 3.63) is 63.7 Å². The predicted molar refractivity (Wildman–Crippen MR) is 101 cm³/mol. The van der Waals surface area contributed by atoms with Crippen LogP contribution < -0.4 is 5.32 Å². The molecule has 0 atom stereocenters. The molecule has 0 aliphatic heterocycles. The molecule has 0 aliphatic rings. The number of amides is 1. The van der Waals surface area contributed by atoms with E-state index in [-0.39, 0.29) is 18.3 Å². The first-order valence-electron chi connectivity index (χ1n) is 8.36. The van der Waals surface area contributed by atoms with Crippen LogP contribution in [0.2, 0.25) is 0 Å². The number of rotatable bonds is 5. The van der Waals surface area contributed by atoms with Crippen LogP contribution in [0.15, 0.2) is 30.3 Å². The van der Waals surface area contributed by atoms with Crippen LogP contribution in [0.1, 0.15) is 49.9 Å². The lowest BCUT2D eigenvalue weighted by molar-refractivity contribution is -0.114. The van der Waals surface area contributed by atoms with E-state index in [0.717, 1.165) is 22.3 Å². The van der Waals surface area contributed by atoms with Gasteiger partial charge in [0.05, 0.1) is 5.56 Å². The molecule has 0 aliphatic carbocycles. The molecule has 0 aromatic heterocycles. The molecule has 0 radical (unpaired) electrons. The molecule has 0 saturated carbocycles. The molecular formula is C21H23NO4. The van der Waals surface area contributed by atoms with E-state index >= 15 is 0 Å². The van der Waals surface area contributed by atoms with Gasteiger partial charge < -0.3 is 10.1 Å². The SMILES string of the molecule is CC(=O)Nc1ccc(C(=O)OCC(=O)c2c(C)c(C)cc(C)c2C)cc1. The van der Waals surface area contributed by atoms with Crippen molar-refractivity contribution in [1.29, 1.82) is 0 Å². The lowest BCUT2D eigenvalue weighted by Gasteiger charge is -2.14. The first-order chi connectivity index (χ1) is 12.2. The van der Waals surface area contributed by atoms with E-state index in [1.807, 2.05) is 33.8 Å². The van der Waals surface area contributed by atoms with Gasteiger partial charge in [0.25, 0.3) is 0 Å². The highest BCUT2D eigenvalue weighted by atomic mass is 16.5. The molecular weight excluding hydrogens is 330 g/mol. The molecule has 0 unspecified atom stereocenters. The Morgan fingerprint density at radius 2 is 1.46 bits per heavy atom. The number of anilines is 1. The Labute approximate surface area is 153 Å². The molecule has 1 amide bonds. The number of ketones is 1. The summed E-state index contributed by atoms with van der Waals surface area (Å²) >= 11 is 0. The van der Waals surface area contributed by atoms with Crippen molar-refractivity contribution in [2.24, 2.45) is 0 Å². The average Bonchev–Trinajstić information content (AvgIpc) is 2.58. The summed E-state index contributed by atoms with van der Waals surface area (Å²) in [6.45, 7) is 8.82. The van der Waals surface area contributed by atoms with Crippen LogP contribution in [-0.2, 0) is 9.53 Å². The molecule has 136 valence electrons. The molecule has 0 fully saturated rings. The van der Waals surface area contributed by atoms with Gasteiger partial charge in [0.2, 0.25) is 11.7 Å². The number of carbonyl (C=O) groups is 3. The third-order valence-electron chi connectivity index (χ3n) is 4.42. The third kappa shape index (κ3) is 4.36. The van der Waals surface area contributed by atoms with Gasteiger partial charge in [0.1, 0.15) is 0 Å². The zero-order valence-corrected chi connectivity index (χ0v) is 15.7. The lowest BCUT2D eigenvalue weighted by Crippen LogP contribution is -2.17. The first kappa shape index (κ1) is 19.4. The lowest BCUT2D eigenvalue weighted by atomic mass is 9.92. The number of hydrogen-bond acceptors (Lipinski definition) is 4. The number of benzene rings is 2. The molecule has 1 N–H and O–H groups in total. The van der Waals surface area contributed by atoms with Crippen LogP contribution in [0.25, 0.3) is 0 Å². The highest BCUT2D eigenvalue weighted by Gasteiger charge is 2.18. The maximum atomic E-state index is 12.6. The van der Waals surface area contributed by atoms with Crippen molar-refractivity contribution in [2.45, 2.75) is 34.6 Å². The molecule has 0 saturated heterocycles. The van der Waals surface area contributed by atoms with Gasteiger partial charge in [-0.05, 0) is 74.2 Å². The second-order valence-corrected chi connectivity index (χ2v) is 6.39. The van der Waals surface area contributed by atoms with Crippen molar-refractivity contribution in [2.75, 3.05) is 11.9 Å². The maximum absolute atomic E-state index is 12.6. The van der Waals surface area contributed by atoms with Gasteiger partial charge in [0, 0.05) is 18.2 Å². The van der Waals surface area contributed by atoms with E-state index in [4.69, 9.17) is 4.74 Å². The van der Waals surface area contributed by atoms with E-state index in [1.54, 1.807) is 24.3 Å². The summed E-state index contributed by atoms with van der Waals surface area (Å²) in [5, 5.41) is 2.62. The zero-order chi connectivity index (χ0) is 19.4. The van der Waals surface area contributed by atoms with Crippen molar-refractivity contribution in [3.8, 4) is 0 Å². The summed E-state index contributed by atoms with van der Waals surface area (Å²) in [5.74, 6) is -0.979. The highest BCUT2D eigenvalue weighted by Crippen LogP contribution is 2.22. The Morgan fingerprint density at radius 1 is 0.923 bits per heavy atom. The minimum atomic E-state index is -0.576. The zero-order valence-electron chi connectivity index (χ0n) is 15.7. The van der Waals surface area contributed by atoms with E-state index in [0.29, 0.717) is 16.8 Å². The molecule has 0 heterocycles. The van der Waals surface area contributed by atoms with Crippen LogP contribution in [0, 0.1) is 27.7 Å². The average molecular weight is 353 g/mol. The number of ether oxygens (including phenoxy) is 1. The minimum absolute atomic E-state index is 0.190. The second kappa shape index (κ2) is 7.95. The van der Waals surface area contributed by atoms with Crippen molar-refractivity contribution >= 4 is 23.3 Å². The van der Waals surface area contributed by atoms with Crippen molar-refractivity contribution in [3.63, 3.8) is 0 Å². The molecule has 2 rings (SSSR count). The van der Waals surface area contributed by atoms with Crippen molar-refractivity contribution in [1.82, 2.24) is 0 Å². The Hall–Kier alpha value is -2.95. The van der Waals surface area contributed by atoms with Gasteiger partial charge in [0.15, 0.2) is 6.61 Å². The standard InChI is InChI=1S/C21H23NO4/c1-12-10-13(2)15(4)20(14(12)3)19(24)11-26-21(25)17-6-8-18(9-7-17)22-16(5)23/h6-10H,11H2,1-5H3,(H,22,23). The first-order valence-corrected chi connectivity index (χ1v) is 8.36. The largest absolute Gasteiger partial charge is 0.454 e. The smallest absolute Gasteiger partial charge is 0.338 e. The Morgan fingerprint density at radius 3 is 1.96 bits per heavy atom. The van der Waals surface area contributed by atoms with Crippen LogP contribution in [0.4, 0.5) is 5.69 Å². The molecule has 2 aromatic rings. The summed E-state index contributed by atoms with van der Waals surface area (Å²) in [7, 11) is 0. The van der Waals surface area contributed by atoms with Gasteiger partial charge >= 0.3 is 5.97 Å². The molecule has 26 heavy (non-hydrogen) atoms. The highest BCUT2D eigenvalue weighted by molar-refractivity contribution is 6.02. The topological polar surface area (TPSA) is 72.5 Å². The van der Waals surface area contributed by atoms with Gasteiger partial charge in [-0.1, -0.05) is 6.07 Å². The Balaban J connectivity index is 2.08. The fourth-order valence-corrected chi connectivity index (χ4v) is 2.81. The monoisotopic (exact) mass is 353 g/mol. The van der Waals surface area contributed by atoms with Crippen LogP contribution in [0.3, 0.4) is 0 Å². The summed E-state index contributed by atoms with van der Waals surface area (Å²) in [4.78, 5) is 35.7. The Kier molecular flexibility index (Phi) is 5.93. The number of esters is 1. The molecule has 2 aromatic carbocycles. The molecule has 5 heteroatoms. The van der Waals surface area contributed by atoms with Crippen LogP contribution in [-0.4, -0.2) is 24.3 Å². The van der Waals surface area contributed by atoms with Gasteiger partial charge in [-0.2, -0.15) is 0 Å². The summed E-state index contributed by atoms with van der Waals surface area (Å²) in [5.41, 5.74) is 5.43. The van der Waals surface area contributed by atoms with Crippen molar-refractivity contribution < 1.29 is 19.1 Å². The van der Waals surface area contributed by atoms with Crippen LogP contribution in [0.5, 0.6) is 0 Å². The molecule has 0 spiro atoms. The third-order valence-corrected chi connectivity index (χ3v) is 4.42. The quantitative estimate of drug-likeness (QED) is 0.653. The number of hydrogen-bond donors (Lipinski definition) is 1. The van der Waals surface area contributed by atoms with E-state index in [9.17, 15) is 14.4 Å². The van der Waals surface area contributed by atoms with Crippen LogP contribution >= 0.6 is 0 Å². The summed E-state index contributed by atoms with van der Waals surface area (Å²) < 4.78 is 5.18. The summed E-state index contributed by atoms with van der Waals surface area (Å²) in [6.07, 6.45) is 0. The Bertz CT molecular complexity index is 840. The number of aryl methyl sites for hydroxylation is 2. The fourth-order valence-electron chi connectivity index (χ4n) is 2.81. The predicted octanol–water partition coefficient (Wildman–Crippen LogP) is 3.92. The second-order valence-electron chi connectivity index (χ2n) is 6.39. The fraction of sp³-hybridized carbons (Fsp3) is 0.286. The van der Waals surface area contributed by atoms with E-state index < -0.39 is 5.97 Å². The molecule has 5 nitrogen and oxygen atoms in total. The number of nitrogens with one attached hydrogen (secondary N) is 1. The van der Waals surface area contributed by atoms with E-state index in [1.165, 1.54) is 6.92 Å². The number of Topliss-reactive ketones (excluding diaryl/α,β-unsaturated/α-hetero) is 1. The van der Waals surface area contributed by atoms with Gasteiger partial charge in [-0.3, -0.25) is 9.59 Å². The van der Waals surface area contributed by atoms with Gasteiger partial charge in [-0.25, -0.2) is 4.79 Å². The normalized spacial score (nSPS) is 10.3. The number of carbonyl (C=O) groups excluding carboxylic acids is 3. The summed E-state index contributed by atoms with van der Waals surface area (Å²) in [6, 6.07) is 8.36. The maximum Gasteiger partial charge on any atom is 0.338 e. The molecule has 0 bridgehead atoms. The van der Waals surface area contributed by atoms with E-state index in [2.05, 4.69) is 5.32 Å². The van der Waals surface area contributed by atoms with Gasteiger partial charge in [-0.15, -0.1) is 0 Å².